The van der Waals surface area contributed by atoms with Gasteiger partial charge in [-0.05, 0) is 24.8 Å². The summed E-state index contributed by atoms with van der Waals surface area (Å²) in [5, 5.41) is 0. The number of amides is 2. The fourth-order valence-electron chi connectivity index (χ4n) is 3.75. The molecule has 2 aliphatic heterocycles. The Labute approximate surface area is 173 Å². The zero-order valence-corrected chi connectivity index (χ0v) is 16.8. The summed E-state index contributed by atoms with van der Waals surface area (Å²) >= 11 is 0. The summed E-state index contributed by atoms with van der Waals surface area (Å²) in [6.07, 6.45) is -9.00. The summed E-state index contributed by atoms with van der Waals surface area (Å²) in [7, 11) is 0. The van der Waals surface area contributed by atoms with Gasteiger partial charge >= 0.3 is 12.4 Å². The smallest absolute Gasteiger partial charge is 0.336 e. The van der Waals surface area contributed by atoms with Crippen LogP contribution in [-0.2, 0) is 34.9 Å². The molecule has 0 N–H and O–H groups in total. The largest absolute Gasteiger partial charge is 0.451 e. The molecule has 2 amide bonds. The van der Waals surface area contributed by atoms with Gasteiger partial charge in [-0.25, -0.2) is 9.97 Å². The predicted octanol–water partition coefficient (Wildman–Crippen LogP) is 3.21. The molecule has 3 rings (SSSR count). The van der Waals surface area contributed by atoms with Crippen LogP contribution >= 0.6 is 0 Å². The first-order valence-electron chi connectivity index (χ1n) is 9.53. The third-order valence-corrected chi connectivity index (χ3v) is 5.12. The molecule has 6 nitrogen and oxygen atoms in total. The van der Waals surface area contributed by atoms with Crippen LogP contribution < -0.4 is 0 Å². The van der Waals surface area contributed by atoms with Gasteiger partial charge < -0.3 is 9.80 Å². The second-order valence-electron chi connectivity index (χ2n) is 7.90. The minimum atomic E-state index is -5.15. The van der Waals surface area contributed by atoms with Gasteiger partial charge in [0.2, 0.25) is 17.6 Å². The third-order valence-electron chi connectivity index (χ3n) is 5.12. The number of alkyl halides is 6. The van der Waals surface area contributed by atoms with Crippen molar-refractivity contribution in [2.24, 2.45) is 5.92 Å². The van der Waals surface area contributed by atoms with E-state index in [1.807, 2.05) is 6.92 Å². The Morgan fingerprint density at radius 2 is 1.81 bits per heavy atom. The summed E-state index contributed by atoms with van der Waals surface area (Å²) in [4.78, 5) is 33.2. The number of aromatic nitrogens is 2. The van der Waals surface area contributed by atoms with Crippen LogP contribution in [0.1, 0.15) is 43.0 Å². The minimum absolute atomic E-state index is 0.00149. The highest BCUT2D eigenvalue weighted by Crippen LogP contribution is 2.36. The maximum absolute atomic E-state index is 13.2. The van der Waals surface area contributed by atoms with Gasteiger partial charge in [0.25, 0.3) is 0 Å². The molecule has 1 aromatic rings. The summed E-state index contributed by atoms with van der Waals surface area (Å²) in [6, 6.07) is 0. The van der Waals surface area contributed by atoms with Gasteiger partial charge in [-0.3, -0.25) is 9.59 Å². The monoisotopic (exact) mass is 450 g/mol. The molecule has 2 aliphatic rings. The second-order valence-corrected chi connectivity index (χ2v) is 7.90. The highest BCUT2D eigenvalue weighted by molar-refractivity contribution is 5.91. The number of carbonyl (C=O) groups excluding carboxylic acids is 2. The van der Waals surface area contributed by atoms with Crippen LogP contribution in [0.25, 0.3) is 0 Å². The first kappa shape index (κ1) is 23.0. The van der Waals surface area contributed by atoms with Crippen LogP contribution in [0.5, 0.6) is 0 Å². The molecule has 12 heteroatoms. The van der Waals surface area contributed by atoms with Crippen molar-refractivity contribution in [3.8, 4) is 0 Å². The normalized spacial score (nSPS) is 18.2. The maximum atomic E-state index is 13.2. The molecule has 0 saturated carbocycles. The zero-order chi connectivity index (χ0) is 23.1. The molecule has 0 saturated heterocycles. The molecule has 0 spiro atoms. The molecule has 1 atom stereocenters. The SMILES string of the molecule is CC1=CC(=O)N(C[C@@H](C)CC(=O)N2CCc3c(nc(C(F)(F)F)nc3C(F)(F)F)C2)C1. The van der Waals surface area contributed by atoms with Gasteiger partial charge in [-0.15, -0.1) is 0 Å². The molecular formula is C19H20F6N4O2. The molecular weight excluding hydrogens is 430 g/mol. The van der Waals surface area contributed by atoms with E-state index in [0.29, 0.717) is 13.1 Å². The Morgan fingerprint density at radius 3 is 2.35 bits per heavy atom. The Morgan fingerprint density at radius 1 is 1.13 bits per heavy atom. The number of carbonyl (C=O) groups is 2. The summed E-state index contributed by atoms with van der Waals surface area (Å²) < 4.78 is 78.7. The predicted molar refractivity (Wildman–Crippen MR) is 95.3 cm³/mol. The number of fused-ring (bicyclic) bond motifs is 1. The quantitative estimate of drug-likeness (QED) is 0.661. The molecule has 170 valence electrons. The first-order valence-corrected chi connectivity index (χ1v) is 9.53. The van der Waals surface area contributed by atoms with E-state index in [1.165, 1.54) is 11.0 Å². The van der Waals surface area contributed by atoms with Crippen LogP contribution in [-0.4, -0.2) is 51.2 Å². The standard InChI is InChI=1S/C19H20F6N4O2/c1-10(7-29-8-11(2)6-15(29)31)5-14(30)28-4-3-12-13(9-28)26-17(19(23,24)25)27-16(12)18(20,21)22/h6,10H,3-5,7-9H2,1-2H3/t10-/m0/s1. The number of nitrogens with zero attached hydrogens (tertiary/aromatic N) is 4. The van der Waals surface area contributed by atoms with Gasteiger partial charge in [0.05, 0.1) is 12.2 Å². The fraction of sp³-hybridized carbons (Fsp3) is 0.579. The van der Waals surface area contributed by atoms with Crippen LogP contribution in [0.2, 0.25) is 0 Å². The molecule has 0 bridgehead atoms. The molecule has 0 aromatic carbocycles. The van der Waals surface area contributed by atoms with Crippen molar-refractivity contribution in [3.63, 3.8) is 0 Å². The van der Waals surface area contributed by atoms with Crippen LogP contribution in [0.3, 0.4) is 0 Å². The average Bonchev–Trinajstić information content (AvgIpc) is 2.95. The maximum Gasteiger partial charge on any atom is 0.451 e. The van der Waals surface area contributed by atoms with Crippen molar-refractivity contribution in [2.75, 3.05) is 19.6 Å². The molecule has 1 aromatic heterocycles. The lowest BCUT2D eigenvalue weighted by Crippen LogP contribution is -2.40. The summed E-state index contributed by atoms with van der Waals surface area (Å²) in [6.45, 7) is 3.80. The molecule has 31 heavy (non-hydrogen) atoms. The summed E-state index contributed by atoms with van der Waals surface area (Å²) in [5.41, 5.74) is -1.57. The topological polar surface area (TPSA) is 66.4 Å². The third kappa shape index (κ3) is 5.16. The Bertz CT molecular complexity index is 925. The molecule has 0 unspecified atom stereocenters. The van der Waals surface area contributed by atoms with E-state index in [4.69, 9.17) is 0 Å². The molecule has 3 heterocycles. The molecule has 0 radical (unpaired) electrons. The van der Waals surface area contributed by atoms with E-state index in [2.05, 4.69) is 9.97 Å². The first-order chi connectivity index (χ1) is 14.3. The van der Waals surface area contributed by atoms with Crippen molar-refractivity contribution < 1.29 is 35.9 Å². The lowest BCUT2D eigenvalue weighted by molar-refractivity contribution is -0.153. The van der Waals surface area contributed by atoms with Gasteiger partial charge in [0.15, 0.2) is 5.69 Å². The van der Waals surface area contributed by atoms with E-state index < -0.39 is 47.6 Å². The fourth-order valence-corrected chi connectivity index (χ4v) is 3.75. The average molecular weight is 450 g/mol. The van der Waals surface area contributed by atoms with E-state index in [0.717, 1.165) is 5.57 Å². The summed E-state index contributed by atoms with van der Waals surface area (Å²) in [5.74, 6) is -2.69. The number of rotatable bonds is 4. The van der Waals surface area contributed by atoms with Crippen molar-refractivity contribution in [1.29, 1.82) is 0 Å². The molecule has 0 aliphatic carbocycles. The van der Waals surface area contributed by atoms with Gasteiger partial charge in [-0.1, -0.05) is 6.92 Å². The number of halogens is 6. The van der Waals surface area contributed by atoms with E-state index in [-0.39, 0.29) is 31.2 Å². The Hall–Kier alpha value is -2.66. The zero-order valence-electron chi connectivity index (χ0n) is 16.8. The van der Waals surface area contributed by atoms with E-state index >= 15 is 0 Å². The highest BCUT2D eigenvalue weighted by Gasteiger charge is 2.43. The minimum Gasteiger partial charge on any atom is -0.336 e. The number of hydrogen-bond acceptors (Lipinski definition) is 4. The van der Waals surface area contributed by atoms with Gasteiger partial charge in [0.1, 0.15) is 0 Å². The van der Waals surface area contributed by atoms with Crippen molar-refractivity contribution in [3.05, 3.63) is 34.4 Å². The van der Waals surface area contributed by atoms with E-state index in [1.54, 1.807) is 11.8 Å². The van der Waals surface area contributed by atoms with Crippen LogP contribution in [0.15, 0.2) is 11.6 Å². The molecule has 0 fully saturated rings. The van der Waals surface area contributed by atoms with Crippen LogP contribution in [0, 0.1) is 5.92 Å². The van der Waals surface area contributed by atoms with Crippen molar-refractivity contribution in [1.82, 2.24) is 19.8 Å². The lowest BCUT2D eigenvalue weighted by atomic mass is 10.0. The highest BCUT2D eigenvalue weighted by atomic mass is 19.4. The van der Waals surface area contributed by atoms with Crippen molar-refractivity contribution >= 4 is 11.8 Å². The van der Waals surface area contributed by atoms with Gasteiger partial charge in [0, 0.05) is 37.7 Å². The lowest BCUT2D eigenvalue weighted by Gasteiger charge is -2.31. The van der Waals surface area contributed by atoms with Crippen molar-refractivity contribution in [2.45, 2.75) is 45.6 Å². The Kier molecular flexibility index (Phi) is 6.03. The van der Waals surface area contributed by atoms with E-state index in [9.17, 15) is 35.9 Å². The van der Waals surface area contributed by atoms with Gasteiger partial charge in [-0.2, -0.15) is 26.3 Å². The number of hydrogen-bond donors (Lipinski definition) is 0. The second kappa shape index (κ2) is 8.12. The Balaban J connectivity index is 1.73. The van der Waals surface area contributed by atoms with Crippen LogP contribution in [0.4, 0.5) is 26.3 Å².